The van der Waals surface area contributed by atoms with Gasteiger partial charge in [-0.15, -0.1) is 0 Å². The lowest BCUT2D eigenvalue weighted by Crippen LogP contribution is -1.89. The van der Waals surface area contributed by atoms with Crippen LogP contribution in [0.25, 0.3) is 0 Å². The van der Waals surface area contributed by atoms with Crippen LogP contribution in [-0.4, -0.2) is 6.21 Å². The Bertz CT molecular complexity index is 540. The molecule has 92 valence electrons. The SMILES string of the molecule is Clc1ccccc1CO/N=C/c1ccc(Br)cc1. The van der Waals surface area contributed by atoms with Crippen molar-refractivity contribution >= 4 is 33.7 Å². The number of halogens is 2. The maximum Gasteiger partial charge on any atom is 0.143 e. The zero-order chi connectivity index (χ0) is 12.8. The Morgan fingerprint density at radius 1 is 1.11 bits per heavy atom. The van der Waals surface area contributed by atoms with Crippen molar-refractivity contribution in [2.45, 2.75) is 6.61 Å². The van der Waals surface area contributed by atoms with Crippen LogP contribution < -0.4 is 0 Å². The van der Waals surface area contributed by atoms with E-state index in [1.807, 2.05) is 48.5 Å². The smallest absolute Gasteiger partial charge is 0.143 e. The molecule has 4 heteroatoms. The fourth-order valence-corrected chi connectivity index (χ4v) is 1.82. The van der Waals surface area contributed by atoms with E-state index in [-0.39, 0.29) is 0 Å². The number of oxime groups is 1. The molecule has 0 amide bonds. The van der Waals surface area contributed by atoms with Crippen LogP contribution in [0.2, 0.25) is 5.02 Å². The largest absolute Gasteiger partial charge is 0.391 e. The molecule has 0 aliphatic rings. The molecule has 0 saturated carbocycles. The molecule has 0 bridgehead atoms. The molecule has 2 aromatic carbocycles. The van der Waals surface area contributed by atoms with Crippen LogP contribution in [0.4, 0.5) is 0 Å². The van der Waals surface area contributed by atoms with E-state index in [4.69, 9.17) is 16.4 Å². The van der Waals surface area contributed by atoms with Crippen molar-refractivity contribution in [3.63, 3.8) is 0 Å². The van der Waals surface area contributed by atoms with Gasteiger partial charge in [0, 0.05) is 15.1 Å². The Hall–Kier alpha value is -1.32. The number of hydrogen-bond acceptors (Lipinski definition) is 2. The van der Waals surface area contributed by atoms with Gasteiger partial charge in [-0.25, -0.2) is 0 Å². The molecule has 0 aliphatic heterocycles. The Labute approximate surface area is 119 Å². The van der Waals surface area contributed by atoms with Gasteiger partial charge in [0.15, 0.2) is 0 Å². The summed E-state index contributed by atoms with van der Waals surface area (Å²) < 4.78 is 1.04. The van der Waals surface area contributed by atoms with E-state index in [9.17, 15) is 0 Å². The standard InChI is InChI=1S/C14H11BrClNO/c15-13-7-5-11(6-8-13)9-17-18-10-12-3-1-2-4-14(12)16/h1-9H,10H2/b17-9+. The molecule has 2 aromatic rings. The Balaban J connectivity index is 1.89. The summed E-state index contributed by atoms with van der Waals surface area (Å²) in [4.78, 5) is 5.21. The third-order valence-electron chi connectivity index (χ3n) is 2.32. The van der Waals surface area contributed by atoms with Crippen molar-refractivity contribution in [2.75, 3.05) is 0 Å². The van der Waals surface area contributed by atoms with Crippen LogP contribution in [0.1, 0.15) is 11.1 Å². The van der Waals surface area contributed by atoms with E-state index in [2.05, 4.69) is 21.1 Å². The third kappa shape index (κ3) is 3.86. The zero-order valence-electron chi connectivity index (χ0n) is 9.51. The van der Waals surface area contributed by atoms with E-state index < -0.39 is 0 Å². The first-order chi connectivity index (χ1) is 8.75. The maximum absolute atomic E-state index is 6.00. The summed E-state index contributed by atoms with van der Waals surface area (Å²) >= 11 is 9.38. The molecule has 0 spiro atoms. The molecular weight excluding hydrogens is 314 g/mol. The highest BCUT2D eigenvalue weighted by Crippen LogP contribution is 2.15. The van der Waals surface area contributed by atoms with Gasteiger partial charge in [-0.1, -0.05) is 63.0 Å². The number of nitrogens with zero attached hydrogens (tertiary/aromatic N) is 1. The second-order valence-electron chi connectivity index (χ2n) is 3.65. The van der Waals surface area contributed by atoms with Gasteiger partial charge in [-0.2, -0.15) is 0 Å². The summed E-state index contributed by atoms with van der Waals surface area (Å²) in [7, 11) is 0. The van der Waals surface area contributed by atoms with Crippen LogP contribution in [0.5, 0.6) is 0 Å². The van der Waals surface area contributed by atoms with Gasteiger partial charge in [0.2, 0.25) is 0 Å². The van der Waals surface area contributed by atoms with Crippen molar-refractivity contribution in [1.82, 2.24) is 0 Å². The molecule has 0 heterocycles. The van der Waals surface area contributed by atoms with Crippen LogP contribution >= 0.6 is 27.5 Å². The topological polar surface area (TPSA) is 21.6 Å². The highest BCUT2D eigenvalue weighted by atomic mass is 79.9. The molecule has 0 aromatic heterocycles. The average molecular weight is 325 g/mol. The minimum Gasteiger partial charge on any atom is -0.391 e. The molecule has 2 rings (SSSR count). The van der Waals surface area contributed by atoms with Gasteiger partial charge in [0.25, 0.3) is 0 Å². The highest BCUT2D eigenvalue weighted by Gasteiger charge is 1.97. The van der Waals surface area contributed by atoms with Crippen molar-refractivity contribution in [3.8, 4) is 0 Å². The van der Waals surface area contributed by atoms with E-state index in [1.54, 1.807) is 6.21 Å². The van der Waals surface area contributed by atoms with E-state index in [0.717, 1.165) is 15.6 Å². The molecule has 0 aliphatic carbocycles. The van der Waals surface area contributed by atoms with Gasteiger partial charge in [-0.3, -0.25) is 0 Å². The number of rotatable bonds is 4. The molecule has 0 N–H and O–H groups in total. The molecule has 2 nitrogen and oxygen atoms in total. The van der Waals surface area contributed by atoms with E-state index >= 15 is 0 Å². The normalized spacial score (nSPS) is 10.8. The summed E-state index contributed by atoms with van der Waals surface area (Å²) in [6, 6.07) is 15.4. The van der Waals surface area contributed by atoms with Crippen molar-refractivity contribution in [2.24, 2.45) is 5.16 Å². The first-order valence-corrected chi connectivity index (χ1v) is 6.57. The Morgan fingerprint density at radius 2 is 1.83 bits per heavy atom. The second kappa shape index (κ2) is 6.57. The zero-order valence-corrected chi connectivity index (χ0v) is 11.9. The van der Waals surface area contributed by atoms with E-state index in [0.29, 0.717) is 11.6 Å². The predicted octanol–water partition coefficient (Wildman–Crippen LogP) is 4.65. The van der Waals surface area contributed by atoms with Gasteiger partial charge in [0.05, 0.1) is 6.21 Å². The molecule has 0 atom stereocenters. The fourth-order valence-electron chi connectivity index (χ4n) is 1.37. The minimum absolute atomic E-state index is 0.368. The average Bonchev–Trinajstić information content (AvgIpc) is 2.39. The molecule has 0 fully saturated rings. The number of hydrogen-bond donors (Lipinski definition) is 0. The van der Waals surface area contributed by atoms with Gasteiger partial charge in [0.1, 0.15) is 6.61 Å². The lowest BCUT2D eigenvalue weighted by molar-refractivity contribution is 0.132. The van der Waals surface area contributed by atoms with Gasteiger partial charge >= 0.3 is 0 Å². The quantitative estimate of drug-likeness (QED) is 0.592. The Morgan fingerprint density at radius 3 is 2.56 bits per heavy atom. The third-order valence-corrected chi connectivity index (χ3v) is 3.22. The maximum atomic E-state index is 6.00. The molecule has 0 radical (unpaired) electrons. The molecular formula is C14H11BrClNO. The lowest BCUT2D eigenvalue weighted by Gasteiger charge is -2.01. The predicted molar refractivity (Wildman–Crippen MR) is 78.0 cm³/mol. The van der Waals surface area contributed by atoms with Crippen molar-refractivity contribution in [1.29, 1.82) is 0 Å². The molecule has 0 unspecified atom stereocenters. The molecule has 18 heavy (non-hydrogen) atoms. The van der Waals surface area contributed by atoms with Crippen molar-refractivity contribution in [3.05, 3.63) is 69.2 Å². The summed E-state index contributed by atoms with van der Waals surface area (Å²) in [6.45, 7) is 0.368. The van der Waals surface area contributed by atoms with Gasteiger partial charge in [-0.05, 0) is 23.8 Å². The van der Waals surface area contributed by atoms with Crippen LogP contribution in [0.3, 0.4) is 0 Å². The monoisotopic (exact) mass is 323 g/mol. The lowest BCUT2D eigenvalue weighted by atomic mass is 10.2. The highest BCUT2D eigenvalue weighted by molar-refractivity contribution is 9.10. The summed E-state index contributed by atoms with van der Waals surface area (Å²) in [6.07, 6.45) is 1.67. The van der Waals surface area contributed by atoms with Crippen LogP contribution in [0, 0.1) is 0 Å². The van der Waals surface area contributed by atoms with Gasteiger partial charge < -0.3 is 4.84 Å². The van der Waals surface area contributed by atoms with Crippen LogP contribution in [-0.2, 0) is 11.4 Å². The van der Waals surface area contributed by atoms with Crippen molar-refractivity contribution < 1.29 is 4.84 Å². The summed E-state index contributed by atoms with van der Waals surface area (Å²) in [5, 5.41) is 4.60. The number of benzene rings is 2. The van der Waals surface area contributed by atoms with Crippen LogP contribution in [0.15, 0.2) is 58.2 Å². The first-order valence-electron chi connectivity index (χ1n) is 5.40. The minimum atomic E-state index is 0.368. The van der Waals surface area contributed by atoms with E-state index in [1.165, 1.54) is 0 Å². The first kappa shape index (κ1) is 13.1. The molecule has 0 saturated heterocycles. The summed E-state index contributed by atoms with van der Waals surface area (Å²) in [5.74, 6) is 0. The second-order valence-corrected chi connectivity index (χ2v) is 4.97. The fraction of sp³-hybridized carbons (Fsp3) is 0.0714. The summed E-state index contributed by atoms with van der Waals surface area (Å²) in [5.41, 5.74) is 1.91. The Kier molecular flexibility index (Phi) is 4.79.